The standard InChI is InChI=1S/C22H28N4O3/c1-3-17-6-4-5-7-20(17)26-14-18(13-21(26)27)22(28)25-10-8-24(9-11-25)15-19-12-16(2)23-29-19/h4-7,12,18H,3,8-11,13-15H2,1-2H3. The number of carbonyl (C=O) groups excluding carboxylic acids is 2. The van der Waals surface area contributed by atoms with E-state index in [1.54, 1.807) is 4.90 Å². The van der Waals surface area contributed by atoms with Gasteiger partial charge in [-0.3, -0.25) is 14.5 Å². The first-order valence-electron chi connectivity index (χ1n) is 10.4. The number of carbonyl (C=O) groups is 2. The molecule has 7 heteroatoms. The molecule has 1 aromatic carbocycles. The van der Waals surface area contributed by atoms with Gasteiger partial charge in [-0.25, -0.2) is 0 Å². The van der Waals surface area contributed by atoms with Crippen LogP contribution in [0.15, 0.2) is 34.9 Å². The maximum atomic E-state index is 13.0. The largest absolute Gasteiger partial charge is 0.360 e. The molecule has 3 heterocycles. The molecule has 1 unspecified atom stereocenters. The first-order chi connectivity index (χ1) is 14.0. The number of amides is 2. The summed E-state index contributed by atoms with van der Waals surface area (Å²) < 4.78 is 5.29. The van der Waals surface area contributed by atoms with Crippen LogP contribution in [0.4, 0.5) is 5.69 Å². The third-order valence-corrected chi connectivity index (χ3v) is 5.88. The fourth-order valence-corrected chi connectivity index (χ4v) is 4.27. The lowest BCUT2D eigenvalue weighted by Crippen LogP contribution is -2.50. The van der Waals surface area contributed by atoms with Crippen LogP contribution < -0.4 is 4.90 Å². The fraction of sp³-hybridized carbons (Fsp3) is 0.500. The summed E-state index contributed by atoms with van der Waals surface area (Å²) in [6.45, 7) is 8.16. The minimum Gasteiger partial charge on any atom is -0.360 e. The average molecular weight is 396 g/mol. The van der Waals surface area contributed by atoms with Crippen molar-refractivity contribution in [3.8, 4) is 0 Å². The highest BCUT2D eigenvalue weighted by molar-refractivity contribution is 6.00. The van der Waals surface area contributed by atoms with Crippen LogP contribution in [0.1, 0.15) is 30.4 Å². The van der Waals surface area contributed by atoms with Gasteiger partial charge in [0, 0.05) is 50.9 Å². The molecule has 2 fully saturated rings. The first-order valence-corrected chi connectivity index (χ1v) is 10.4. The van der Waals surface area contributed by atoms with Gasteiger partial charge in [-0.1, -0.05) is 30.3 Å². The van der Waals surface area contributed by atoms with Gasteiger partial charge in [-0.05, 0) is 25.0 Å². The van der Waals surface area contributed by atoms with Crippen LogP contribution in [-0.4, -0.2) is 59.5 Å². The Morgan fingerprint density at radius 1 is 1.21 bits per heavy atom. The van der Waals surface area contributed by atoms with Crippen LogP contribution in [0.25, 0.3) is 0 Å². The summed E-state index contributed by atoms with van der Waals surface area (Å²) in [5, 5.41) is 3.93. The maximum absolute atomic E-state index is 13.0. The molecule has 2 aliphatic heterocycles. The average Bonchev–Trinajstić information content (AvgIpc) is 3.33. The van der Waals surface area contributed by atoms with E-state index < -0.39 is 0 Å². The summed E-state index contributed by atoms with van der Waals surface area (Å²) in [5.74, 6) is 0.748. The molecule has 1 aromatic heterocycles. The van der Waals surface area contributed by atoms with Crippen molar-refractivity contribution in [2.45, 2.75) is 33.2 Å². The number of hydrogen-bond donors (Lipinski definition) is 0. The van der Waals surface area contributed by atoms with E-state index in [0.29, 0.717) is 32.6 Å². The van der Waals surface area contributed by atoms with Crippen molar-refractivity contribution in [1.82, 2.24) is 15.0 Å². The van der Waals surface area contributed by atoms with Gasteiger partial charge < -0.3 is 14.3 Å². The summed E-state index contributed by atoms with van der Waals surface area (Å²) in [7, 11) is 0. The van der Waals surface area contributed by atoms with Crippen molar-refractivity contribution in [2.24, 2.45) is 5.92 Å². The molecule has 0 aliphatic carbocycles. The molecule has 7 nitrogen and oxygen atoms in total. The fourth-order valence-electron chi connectivity index (χ4n) is 4.27. The molecule has 4 rings (SSSR count). The van der Waals surface area contributed by atoms with Gasteiger partial charge in [0.2, 0.25) is 11.8 Å². The summed E-state index contributed by atoms with van der Waals surface area (Å²) in [6, 6.07) is 9.92. The van der Waals surface area contributed by atoms with E-state index in [0.717, 1.165) is 42.2 Å². The lowest BCUT2D eigenvalue weighted by atomic mass is 10.1. The third kappa shape index (κ3) is 4.19. The highest BCUT2D eigenvalue weighted by Crippen LogP contribution is 2.29. The lowest BCUT2D eigenvalue weighted by molar-refractivity contribution is -0.137. The lowest BCUT2D eigenvalue weighted by Gasteiger charge is -2.35. The molecule has 0 spiro atoms. The second-order valence-corrected chi connectivity index (χ2v) is 7.92. The Morgan fingerprint density at radius 3 is 2.66 bits per heavy atom. The number of anilines is 1. The van der Waals surface area contributed by atoms with Crippen molar-refractivity contribution in [1.29, 1.82) is 0 Å². The minimum atomic E-state index is -0.254. The van der Waals surface area contributed by atoms with Crippen LogP contribution in [0.3, 0.4) is 0 Å². The molecule has 1 atom stereocenters. The molecule has 2 saturated heterocycles. The Bertz CT molecular complexity index is 886. The molecule has 0 bridgehead atoms. The van der Waals surface area contributed by atoms with Gasteiger partial charge in [0.25, 0.3) is 0 Å². The Hall–Kier alpha value is -2.67. The number of aromatic nitrogens is 1. The number of piperazine rings is 1. The SMILES string of the molecule is CCc1ccccc1N1CC(C(=O)N2CCN(Cc3cc(C)no3)CC2)CC1=O. The quantitative estimate of drug-likeness (QED) is 0.775. The zero-order valence-corrected chi connectivity index (χ0v) is 17.1. The van der Waals surface area contributed by atoms with Crippen molar-refractivity contribution in [3.63, 3.8) is 0 Å². The van der Waals surface area contributed by atoms with Crippen molar-refractivity contribution in [2.75, 3.05) is 37.6 Å². The van der Waals surface area contributed by atoms with Crippen molar-refractivity contribution >= 4 is 17.5 Å². The Labute approximate surface area is 171 Å². The van der Waals surface area contributed by atoms with E-state index in [2.05, 4.69) is 17.0 Å². The summed E-state index contributed by atoms with van der Waals surface area (Å²) in [6.07, 6.45) is 1.17. The van der Waals surface area contributed by atoms with E-state index >= 15 is 0 Å². The van der Waals surface area contributed by atoms with Crippen LogP contribution >= 0.6 is 0 Å². The molecule has 0 saturated carbocycles. The predicted molar refractivity (Wildman–Crippen MR) is 109 cm³/mol. The molecule has 0 radical (unpaired) electrons. The number of nitrogens with zero attached hydrogens (tertiary/aromatic N) is 4. The van der Waals surface area contributed by atoms with Crippen LogP contribution in [0.2, 0.25) is 0 Å². The number of rotatable bonds is 5. The number of benzene rings is 1. The van der Waals surface area contributed by atoms with E-state index in [4.69, 9.17) is 4.52 Å². The van der Waals surface area contributed by atoms with Gasteiger partial charge in [-0.2, -0.15) is 0 Å². The Morgan fingerprint density at radius 2 is 1.97 bits per heavy atom. The zero-order valence-electron chi connectivity index (χ0n) is 17.1. The molecule has 154 valence electrons. The smallest absolute Gasteiger partial charge is 0.228 e. The summed E-state index contributed by atoms with van der Waals surface area (Å²) in [4.78, 5) is 31.7. The number of hydrogen-bond acceptors (Lipinski definition) is 5. The van der Waals surface area contributed by atoms with Crippen molar-refractivity contribution < 1.29 is 14.1 Å². The topological polar surface area (TPSA) is 69.9 Å². The van der Waals surface area contributed by atoms with Crippen molar-refractivity contribution in [3.05, 3.63) is 47.3 Å². The van der Waals surface area contributed by atoms with Gasteiger partial charge in [0.1, 0.15) is 0 Å². The normalized spacial score (nSPS) is 20.5. The van der Waals surface area contributed by atoms with E-state index in [1.165, 1.54) is 0 Å². The van der Waals surface area contributed by atoms with Crippen LogP contribution in [0, 0.1) is 12.8 Å². The zero-order chi connectivity index (χ0) is 20.4. The molecule has 2 aliphatic rings. The number of aryl methyl sites for hydroxylation is 2. The second-order valence-electron chi connectivity index (χ2n) is 7.92. The number of para-hydroxylation sites is 1. The van der Waals surface area contributed by atoms with E-state index in [9.17, 15) is 9.59 Å². The molecular formula is C22H28N4O3. The molecule has 0 N–H and O–H groups in total. The van der Waals surface area contributed by atoms with Gasteiger partial charge in [0.05, 0.1) is 18.2 Å². The van der Waals surface area contributed by atoms with Crippen LogP contribution in [0.5, 0.6) is 0 Å². The van der Waals surface area contributed by atoms with Gasteiger partial charge in [-0.15, -0.1) is 0 Å². The summed E-state index contributed by atoms with van der Waals surface area (Å²) in [5.41, 5.74) is 2.97. The highest BCUT2D eigenvalue weighted by atomic mass is 16.5. The monoisotopic (exact) mass is 396 g/mol. The van der Waals surface area contributed by atoms with E-state index in [-0.39, 0.29) is 17.7 Å². The Balaban J connectivity index is 1.34. The maximum Gasteiger partial charge on any atom is 0.228 e. The highest BCUT2D eigenvalue weighted by Gasteiger charge is 2.38. The van der Waals surface area contributed by atoms with E-state index in [1.807, 2.05) is 42.2 Å². The first kappa shape index (κ1) is 19.6. The van der Waals surface area contributed by atoms with Gasteiger partial charge >= 0.3 is 0 Å². The molecule has 2 aromatic rings. The molecular weight excluding hydrogens is 368 g/mol. The van der Waals surface area contributed by atoms with Crippen LogP contribution in [-0.2, 0) is 22.6 Å². The second kappa shape index (κ2) is 8.37. The molecule has 29 heavy (non-hydrogen) atoms. The minimum absolute atomic E-state index is 0.0450. The Kier molecular flexibility index (Phi) is 5.67. The van der Waals surface area contributed by atoms with Gasteiger partial charge in [0.15, 0.2) is 5.76 Å². The third-order valence-electron chi connectivity index (χ3n) is 5.88. The predicted octanol–water partition coefficient (Wildman–Crippen LogP) is 2.24. The summed E-state index contributed by atoms with van der Waals surface area (Å²) >= 11 is 0. The molecule has 2 amide bonds.